The van der Waals surface area contributed by atoms with Crippen LogP contribution in [-0.4, -0.2) is 23.9 Å². The van der Waals surface area contributed by atoms with Gasteiger partial charge in [-0.2, -0.15) is 0 Å². The van der Waals surface area contributed by atoms with Gasteiger partial charge in [-0.05, 0) is 34.9 Å². The van der Waals surface area contributed by atoms with Crippen molar-refractivity contribution < 1.29 is 23.9 Å². The van der Waals surface area contributed by atoms with Gasteiger partial charge in [-0.1, -0.05) is 47.6 Å². The monoisotopic (exact) mass is 428 g/mol. The molecule has 1 atom stereocenters. The Hall–Kier alpha value is -2.12. The number of rotatable bonds is 7. The molecule has 29 heavy (non-hydrogen) atoms. The van der Waals surface area contributed by atoms with Crippen LogP contribution in [-0.2, 0) is 20.8 Å². The van der Waals surface area contributed by atoms with Crippen LogP contribution in [0.1, 0.15) is 59.9 Å². The molecule has 0 spiro atoms. The van der Waals surface area contributed by atoms with Crippen LogP contribution < -0.4 is 20.9 Å². The molecule has 0 heterocycles. The van der Waals surface area contributed by atoms with Crippen LogP contribution in [0, 0.1) is 10.8 Å². The molecule has 1 aromatic rings. The molecule has 1 unspecified atom stereocenters. The molecule has 0 aromatic heterocycles. The summed E-state index contributed by atoms with van der Waals surface area (Å²) in [6.07, 6.45) is 0.569. The van der Waals surface area contributed by atoms with Crippen molar-refractivity contribution >= 4 is 30.3 Å². The lowest BCUT2D eigenvalue weighted by molar-refractivity contribution is -0.139. The van der Waals surface area contributed by atoms with E-state index < -0.39 is 23.9 Å². The zero-order chi connectivity index (χ0) is 21.7. The third-order valence-electron chi connectivity index (χ3n) is 3.63. The van der Waals surface area contributed by atoms with Gasteiger partial charge in [0.2, 0.25) is 5.91 Å². The van der Waals surface area contributed by atoms with E-state index in [0.717, 1.165) is 0 Å². The molecule has 1 rings (SSSR count). The van der Waals surface area contributed by atoms with Crippen LogP contribution in [0.4, 0.5) is 0 Å². The minimum Gasteiger partial charge on any atom is -0.423 e. The third kappa shape index (κ3) is 10.9. The average Bonchev–Trinajstić information content (AvgIpc) is 2.45. The number of esters is 2. The lowest BCUT2D eigenvalue weighted by atomic mass is 9.92. The number of hydrogen-bond donors (Lipinski definition) is 2. The Labute approximate surface area is 178 Å². The van der Waals surface area contributed by atoms with E-state index in [4.69, 9.17) is 20.9 Å². The van der Waals surface area contributed by atoms with E-state index in [1.54, 1.807) is 12.1 Å². The van der Waals surface area contributed by atoms with Crippen molar-refractivity contribution in [3.05, 3.63) is 23.8 Å². The Kier molecular flexibility index (Phi) is 9.82. The highest BCUT2D eigenvalue weighted by atomic mass is 35.5. The van der Waals surface area contributed by atoms with Gasteiger partial charge in [-0.3, -0.25) is 14.4 Å². The van der Waals surface area contributed by atoms with E-state index in [0.29, 0.717) is 5.56 Å². The van der Waals surface area contributed by atoms with Gasteiger partial charge in [0.15, 0.2) is 11.5 Å². The molecule has 164 valence electrons. The highest BCUT2D eigenvalue weighted by molar-refractivity contribution is 5.85. The predicted molar refractivity (Wildman–Crippen MR) is 114 cm³/mol. The number of hydrogen-bond acceptors (Lipinski definition) is 6. The molecule has 8 heteroatoms. The van der Waals surface area contributed by atoms with Gasteiger partial charge < -0.3 is 20.9 Å². The smallest absolute Gasteiger partial charge is 0.311 e. The Balaban J connectivity index is 0.00000784. The summed E-state index contributed by atoms with van der Waals surface area (Å²) in [7, 11) is 0. The number of halogens is 1. The Bertz CT molecular complexity index is 736. The maximum atomic E-state index is 12.3. The fourth-order valence-corrected chi connectivity index (χ4v) is 2.38. The standard InChI is InChI=1S/C21H32N2O5.ClH/c1-20(2,3)11-17(24)27-15-8-7-13(9-14(22)19(23)26)10-16(15)28-18(25)12-21(4,5)6;/h7-8,10,14H,9,11-12,22H2,1-6H3,(H2,23,26);1H. The van der Waals surface area contributed by atoms with Crippen molar-refractivity contribution in [2.24, 2.45) is 22.3 Å². The molecule has 1 aromatic carbocycles. The second-order valence-corrected chi connectivity index (χ2v) is 9.42. The van der Waals surface area contributed by atoms with Crippen molar-refractivity contribution in [2.75, 3.05) is 0 Å². The number of benzene rings is 1. The molecule has 0 aliphatic carbocycles. The molecule has 0 bridgehead atoms. The van der Waals surface area contributed by atoms with Gasteiger partial charge in [-0.15, -0.1) is 12.4 Å². The normalized spacial score (nSPS) is 12.5. The Morgan fingerprint density at radius 2 is 1.34 bits per heavy atom. The SMILES string of the molecule is CC(C)(C)CC(=O)Oc1ccc(CC(N)C(N)=O)cc1OC(=O)CC(C)(C)C.Cl. The second-order valence-electron chi connectivity index (χ2n) is 9.42. The topological polar surface area (TPSA) is 122 Å². The van der Waals surface area contributed by atoms with Gasteiger partial charge >= 0.3 is 11.9 Å². The maximum Gasteiger partial charge on any atom is 0.311 e. The van der Waals surface area contributed by atoms with Crippen LogP contribution in [0.3, 0.4) is 0 Å². The lowest BCUT2D eigenvalue weighted by Crippen LogP contribution is -2.38. The Morgan fingerprint density at radius 3 is 1.76 bits per heavy atom. The summed E-state index contributed by atoms with van der Waals surface area (Å²) in [4.78, 5) is 35.7. The summed E-state index contributed by atoms with van der Waals surface area (Å²) in [5, 5.41) is 0. The van der Waals surface area contributed by atoms with Crippen molar-refractivity contribution in [3.8, 4) is 11.5 Å². The summed E-state index contributed by atoms with van der Waals surface area (Å²) in [5.41, 5.74) is 11.1. The first-order valence-electron chi connectivity index (χ1n) is 9.25. The third-order valence-corrected chi connectivity index (χ3v) is 3.63. The second kappa shape index (κ2) is 10.6. The molecule has 0 aliphatic heterocycles. The number of ether oxygens (including phenoxy) is 2. The number of amides is 1. The van der Waals surface area contributed by atoms with Crippen LogP contribution in [0.2, 0.25) is 0 Å². The van der Waals surface area contributed by atoms with Crippen LogP contribution in [0.5, 0.6) is 11.5 Å². The molecular formula is C21H33ClN2O5. The van der Waals surface area contributed by atoms with Gasteiger partial charge in [0.25, 0.3) is 0 Å². The number of nitrogens with two attached hydrogens (primary N) is 2. The highest BCUT2D eigenvalue weighted by Crippen LogP contribution is 2.32. The zero-order valence-electron chi connectivity index (χ0n) is 18.0. The highest BCUT2D eigenvalue weighted by Gasteiger charge is 2.23. The van der Waals surface area contributed by atoms with Crippen LogP contribution in [0.15, 0.2) is 18.2 Å². The molecule has 0 saturated carbocycles. The fourth-order valence-electron chi connectivity index (χ4n) is 2.38. The average molecular weight is 429 g/mol. The van der Waals surface area contributed by atoms with E-state index in [1.807, 2.05) is 41.5 Å². The van der Waals surface area contributed by atoms with Crippen molar-refractivity contribution in [1.82, 2.24) is 0 Å². The first-order chi connectivity index (χ1) is 12.7. The van der Waals surface area contributed by atoms with Gasteiger partial charge in [0.1, 0.15) is 0 Å². The first-order valence-corrected chi connectivity index (χ1v) is 9.25. The molecular weight excluding hydrogens is 396 g/mol. The quantitative estimate of drug-likeness (QED) is 0.508. The number of primary amides is 1. The van der Waals surface area contributed by atoms with Gasteiger partial charge in [-0.25, -0.2) is 0 Å². The van der Waals surface area contributed by atoms with Crippen molar-refractivity contribution in [1.29, 1.82) is 0 Å². The largest absolute Gasteiger partial charge is 0.423 e. The van der Waals surface area contributed by atoms with Crippen LogP contribution in [0.25, 0.3) is 0 Å². The predicted octanol–water partition coefficient (Wildman–Crippen LogP) is 3.15. The maximum absolute atomic E-state index is 12.3. The number of carbonyl (C=O) groups excluding carboxylic acids is 3. The van der Waals surface area contributed by atoms with E-state index in [9.17, 15) is 14.4 Å². The van der Waals surface area contributed by atoms with Crippen LogP contribution >= 0.6 is 12.4 Å². The molecule has 0 fully saturated rings. The molecule has 0 aliphatic rings. The summed E-state index contributed by atoms with van der Waals surface area (Å²) >= 11 is 0. The summed E-state index contributed by atoms with van der Waals surface area (Å²) in [6.45, 7) is 11.5. The van der Waals surface area contributed by atoms with Crippen molar-refractivity contribution in [3.63, 3.8) is 0 Å². The molecule has 7 nitrogen and oxygen atoms in total. The van der Waals surface area contributed by atoms with E-state index in [1.165, 1.54) is 6.07 Å². The zero-order valence-corrected chi connectivity index (χ0v) is 18.9. The minimum absolute atomic E-state index is 0. The van der Waals surface area contributed by atoms with E-state index in [2.05, 4.69) is 0 Å². The molecule has 0 radical (unpaired) electrons. The summed E-state index contributed by atoms with van der Waals surface area (Å²) in [6, 6.07) is 3.86. The molecule has 1 amide bonds. The minimum atomic E-state index is -0.868. The summed E-state index contributed by atoms with van der Waals surface area (Å²) in [5.74, 6) is -1.25. The van der Waals surface area contributed by atoms with E-state index >= 15 is 0 Å². The molecule has 4 N–H and O–H groups in total. The molecule has 0 saturated heterocycles. The van der Waals surface area contributed by atoms with Crippen molar-refractivity contribution in [2.45, 2.75) is 66.8 Å². The van der Waals surface area contributed by atoms with Gasteiger partial charge in [0, 0.05) is 0 Å². The number of carbonyl (C=O) groups is 3. The first kappa shape index (κ1) is 26.9. The fraction of sp³-hybridized carbons (Fsp3) is 0.571. The Morgan fingerprint density at radius 1 is 0.897 bits per heavy atom. The summed E-state index contributed by atoms with van der Waals surface area (Å²) < 4.78 is 10.9. The van der Waals surface area contributed by atoms with E-state index in [-0.39, 0.29) is 54.0 Å². The lowest BCUT2D eigenvalue weighted by Gasteiger charge is -2.19. The van der Waals surface area contributed by atoms with Gasteiger partial charge in [0.05, 0.1) is 18.9 Å².